The number of carboxylic acids is 1. The highest BCUT2D eigenvalue weighted by Crippen LogP contribution is 2.18. The number of nitriles is 1. The van der Waals surface area contributed by atoms with Crippen LogP contribution in [0.1, 0.15) is 37.9 Å². The number of pyridine rings is 2. The number of rotatable bonds is 9. The summed E-state index contributed by atoms with van der Waals surface area (Å²) in [6.07, 6.45) is 1.16. The Labute approximate surface area is 291 Å². The average molecular weight is 696 g/mol. The minimum Gasteiger partial charge on any atom is -0.477 e. The topological polar surface area (TPSA) is 168 Å². The van der Waals surface area contributed by atoms with Crippen molar-refractivity contribution in [1.29, 1.82) is 5.26 Å². The van der Waals surface area contributed by atoms with Crippen molar-refractivity contribution < 1.29 is 38.7 Å². The zero-order valence-corrected chi connectivity index (χ0v) is 28.6. The summed E-state index contributed by atoms with van der Waals surface area (Å²) in [5, 5.41) is 27.4. The molecule has 4 rings (SSSR count). The Balaban J connectivity index is 0.00000319. The number of benzene rings is 1. The maximum atomic E-state index is 11.4. The minimum absolute atomic E-state index is 0.0112. The van der Waals surface area contributed by atoms with Gasteiger partial charge < -0.3 is 29.2 Å². The van der Waals surface area contributed by atoms with Crippen LogP contribution >= 0.6 is 11.8 Å². The number of thioether (sulfide) groups is 1. The third-order valence-corrected chi connectivity index (χ3v) is 7.99. The van der Waals surface area contributed by atoms with Crippen molar-refractivity contribution in [2.45, 2.75) is 30.5 Å². The molecule has 1 aliphatic rings. The molecule has 1 saturated heterocycles. The summed E-state index contributed by atoms with van der Waals surface area (Å²) in [5.74, 6) is -1.06. The van der Waals surface area contributed by atoms with Crippen molar-refractivity contribution in [3.8, 4) is 5.40 Å². The van der Waals surface area contributed by atoms with E-state index in [4.69, 9.17) is 29.3 Å². The summed E-state index contributed by atoms with van der Waals surface area (Å²) >= 11 is 1.12. The molecule has 2 aromatic heterocycles. The smallest absolute Gasteiger partial charge is 0.354 e. The van der Waals surface area contributed by atoms with Crippen molar-refractivity contribution >= 4 is 24.0 Å². The van der Waals surface area contributed by atoms with Crippen molar-refractivity contribution in [2.75, 3.05) is 79.5 Å². The number of carboxylic acid groups (broad SMARTS) is 1. The molecule has 1 fully saturated rings. The minimum atomic E-state index is -1.06. The second-order valence-corrected chi connectivity index (χ2v) is 11.7. The highest BCUT2D eigenvalue weighted by molar-refractivity contribution is 8.03. The molecular weight excluding hydrogens is 650 g/mol. The molecule has 0 bridgehead atoms. The molecule has 264 valence electrons. The molecule has 1 aromatic carbocycles. The van der Waals surface area contributed by atoms with Crippen LogP contribution in [-0.4, -0.2) is 128 Å². The van der Waals surface area contributed by atoms with Crippen LogP contribution in [0.4, 0.5) is 0 Å². The zero-order valence-electron chi connectivity index (χ0n) is 27.8. The van der Waals surface area contributed by atoms with Crippen LogP contribution in [0.25, 0.3) is 0 Å². The molecule has 0 saturated carbocycles. The normalized spacial score (nSPS) is 17.8. The highest BCUT2D eigenvalue weighted by Gasteiger charge is 2.16. The predicted molar refractivity (Wildman–Crippen MR) is 183 cm³/mol. The van der Waals surface area contributed by atoms with Crippen molar-refractivity contribution in [2.24, 2.45) is 0 Å². The van der Waals surface area contributed by atoms with E-state index in [-0.39, 0.29) is 11.8 Å². The molecule has 1 aliphatic heterocycles. The number of aliphatic hydroxyl groups excluding tert-OH is 1. The van der Waals surface area contributed by atoms with Gasteiger partial charge in [-0.15, -0.1) is 0 Å². The Morgan fingerprint density at radius 2 is 1.45 bits per heavy atom. The van der Waals surface area contributed by atoms with E-state index < -0.39 is 5.97 Å². The summed E-state index contributed by atoms with van der Waals surface area (Å²) < 4.78 is 24.3. The molecule has 2 N–H and O–H groups in total. The maximum Gasteiger partial charge on any atom is 0.354 e. The Morgan fingerprint density at radius 3 is 2.06 bits per heavy atom. The number of aliphatic hydroxyl groups is 1. The van der Waals surface area contributed by atoms with E-state index in [0.29, 0.717) is 103 Å². The van der Waals surface area contributed by atoms with Gasteiger partial charge in [-0.05, 0) is 53.7 Å². The number of aromatic nitrogens is 2. The van der Waals surface area contributed by atoms with E-state index in [1.807, 2.05) is 42.5 Å². The van der Waals surface area contributed by atoms with E-state index in [9.17, 15) is 14.7 Å². The first-order chi connectivity index (χ1) is 24.0. The van der Waals surface area contributed by atoms with Gasteiger partial charge in [-0.3, -0.25) is 14.6 Å². The second kappa shape index (κ2) is 23.6. The van der Waals surface area contributed by atoms with Crippen LogP contribution in [0.5, 0.6) is 0 Å². The van der Waals surface area contributed by atoms with Crippen LogP contribution in [0.3, 0.4) is 0 Å². The summed E-state index contributed by atoms with van der Waals surface area (Å²) in [6.45, 7) is 6.58. The number of ether oxygens (including phenoxy) is 4. The highest BCUT2D eigenvalue weighted by atomic mass is 32.2. The van der Waals surface area contributed by atoms with Crippen LogP contribution in [0, 0.1) is 10.7 Å². The number of carbonyl (C=O) groups is 2. The number of aromatic carboxylic acids is 1. The maximum absolute atomic E-state index is 11.4. The summed E-state index contributed by atoms with van der Waals surface area (Å²) in [4.78, 5) is 36.6. The van der Waals surface area contributed by atoms with Gasteiger partial charge in [0.15, 0.2) is 6.29 Å². The van der Waals surface area contributed by atoms with Gasteiger partial charge in [-0.25, -0.2) is 14.8 Å². The molecule has 3 aromatic rings. The quantitative estimate of drug-likeness (QED) is 0.190. The first-order valence-corrected chi connectivity index (χ1v) is 16.8. The fourth-order valence-corrected chi connectivity index (χ4v) is 5.36. The van der Waals surface area contributed by atoms with Gasteiger partial charge >= 0.3 is 5.97 Å². The molecular formula is C35H45N5O8S. The Kier molecular flexibility index (Phi) is 19.1. The van der Waals surface area contributed by atoms with Crippen LogP contribution < -0.4 is 0 Å². The molecule has 14 heteroatoms. The lowest BCUT2D eigenvalue weighted by molar-refractivity contribution is -0.0328. The van der Waals surface area contributed by atoms with Crippen molar-refractivity contribution in [3.05, 3.63) is 89.0 Å². The van der Waals surface area contributed by atoms with Gasteiger partial charge in [-0.1, -0.05) is 24.3 Å². The van der Waals surface area contributed by atoms with Gasteiger partial charge in [0.05, 0.1) is 63.7 Å². The van der Waals surface area contributed by atoms with Crippen molar-refractivity contribution in [1.82, 2.24) is 19.8 Å². The molecule has 1 atom stereocenters. The summed E-state index contributed by atoms with van der Waals surface area (Å²) in [5.41, 5.74) is 2.94. The molecule has 13 nitrogen and oxygen atoms in total. The van der Waals surface area contributed by atoms with Gasteiger partial charge in [0.1, 0.15) is 16.8 Å². The molecule has 0 spiro atoms. The van der Waals surface area contributed by atoms with Gasteiger partial charge in [0.2, 0.25) is 0 Å². The largest absolute Gasteiger partial charge is 0.477 e. The fraction of sp³-hybridized carbons (Fsp3) is 0.457. The van der Waals surface area contributed by atoms with Gasteiger partial charge in [0.25, 0.3) is 0 Å². The van der Waals surface area contributed by atoms with Crippen LogP contribution in [0.2, 0.25) is 0 Å². The van der Waals surface area contributed by atoms with Crippen molar-refractivity contribution in [3.63, 3.8) is 0 Å². The van der Waals surface area contributed by atoms with E-state index in [1.165, 1.54) is 6.07 Å². The number of nitrogens with zero attached hydrogens (tertiary/aromatic N) is 5. The monoisotopic (exact) mass is 695 g/mol. The zero-order chi connectivity index (χ0) is 35.1. The Morgan fingerprint density at radius 1 is 0.857 bits per heavy atom. The fourth-order valence-electron chi connectivity index (χ4n) is 4.98. The summed E-state index contributed by atoms with van der Waals surface area (Å²) in [6, 6.07) is 18.3. The number of thiocyanates is 1. The lowest BCUT2D eigenvalue weighted by Gasteiger charge is -2.25. The van der Waals surface area contributed by atoms with Gasteiger partial charge in [0, 0.05) is 57.7 Å². The third kappa shape index (κ3) is 15.5. The Bertz CT molecular complexity index is 1440. The molecule has 0 aliphatic carbocycles. The molecule has 3 heterocycles. The summed E-state index contributed by atoms with van der Waals surface area (Å²) in [7, 11) is 1.00. The number of hydrogen-bond acceptors (Lipinski definition) is 13. The van der Waals surface area contributed by atoms with Crippen LogP contribution in [-0.2, 0) is 38.5 Å². The standard InChI is InChI=1S/C34H41N5O7S.CH4O/c35-26-47-32-9-7-27(8-10-32)21-31-25-45-17-13-38(23-29-4-2-6-33(37-29)34(41)42)11-15-43-19-20-44-16-12-39(14-18-46-31)22-28-3-1-5-30(24-40)36-28;1-2/h1-10,24,31H,11-23,25H2,(H,41,42);2H,1H3. The second-order valence-electron chi connectivity index (χ2n) is 10.9. The number of carbonyl (C=O) groups excluding carboxylic acids is 1. The Hall–Kier alpha value is -3.78. The van der Waals surface area contributed by atoms with E-state index in [0.717, 1.165) is 41.3 Å². The molecule has 0 radical (unpaired) electrons. The lowest BCUT2D eigenvalue weighted by atomic mass is 10.1. The van der Waals surface area contributed by atoms with E-state index in [1.54, 1.807) is 12.1 Å². The third-order valence-electron chi connectivity index (χ3n) is 7.39. The SMILES string of the molecule is CO.N#CSc1ccc(CC2COCCN(Cc3cccc(C(=O)O)n3)CCOCCOCCN(Cc3cccc(C=O)n3)CCO2)cc1. The number of aldehydes is 1. The first kappa shape index (κ1) is 39.7. The predicted octanol–water partition coefficient (Wildman–Crippen LogP) is 3.16. The van der Waals surface area contributed by atoms with Gasteiger partial charge in [-0.2, -0.15) is 5.26 Å². The average Bonchev–Trinajstić information content (AvgIpc) is 3.12. The number of hydrogen-bond donors (Lipinski definition) is 2. The van der Waals surface area contributed by atoms with Crippen LogP contribution in [0.15, 0.2) is 65.6 Å². The van der Waals surface area contributed by atoms with E-state index >= 15 is 0 Å². The molecule has 49 heavy (non-hydrogen) atoms. The molecule has 0 amide bonds. The first-order valence-electron chi connectivity index (χ1n) is 16.0. The molecule has 1 unspecified atom stereocenters. The lowest BCUT2D eigenvalue weighted by Crippen LogP contribution is -2.35. The van der Waals surface area contributed by atoms with E-state index in [2.05, 4.69) is 25.2 Å².